The van der Waals surface area contributed by atoms with Crippen LogP contribution in [0.4, 0.5) is 0 Å². The molecule has 1 fully saturated rings. The predicted molar refractivity (Wildman–Crippen MR) is 75.1 cm³/mol. The Morgan fingerprint density at radius 3 is 3.00 bits per heavy atom. The van der Waals surface area contributed by atoms with Crippen LogP contribution in [0.3, 0.4) is 0 Å². The fraction of sp³-hybridized carbons (Fsp3) is 0.500. The fourth-order valence-corrected chi connectivity index (χ4v) is 2.37. The summed E-state index contributed by atoms with van der Waals surface area (Å²) in [5, 5.41) is 6.75. The van der Waals surface area contributed by atoms with Crippen LogP contribution in [0.15, 0.2) is 12.1 Å². The minimum absolute atomic E-state index is 0.115. The first kappa shape index (κ1) is 13.5. The van der Waals surface area contributed by atoms with E-state index < -0.39 is 0 Å². The third-order valence-corrected chi connectivity index (χ3v) is 3.57. The summed E-state index contributed by atoms with van der Waals surface area (Å²) in [6.07, 6.45) is 2.73. The van der Waals surface area contributed by atoms with Crippen molar-refractivity contribution in [3.8, 4) is 11.5 Å². The molecule has 0 saturated heterocycles. The molecule has 0 spiro atoms. The van der Waals surface area contributed by atoms with Gasteiger partial charge in [0.2, 0.25) is 12.7 Å². The molecule has 0 atom stereocenters. The van der Waals surface area contributed by atoms with Crippen molar-refractivity contribution in [1.29, 1.82) is 0 Å². The van der Waals surface area contributed by atoms with Crippen molar-refractivity contribution in [1.82, 2.24) is 10.6 Å². The van der Waals surface area contributed by atoms with Gasteiger partial charge in [0.05, 0.1) is 5.02 Å². The zero-order valence-electron chi connectivity index (χ0n) is 11.1. The molecule has 0 bridgehead atoms. The number of ether oxygens (including phenoxy) is 2. The monoisotopic (exact) mass is 296 g/mol. The van der Waals surface area contributed by atoms with Gasteiger partial charge in [-0.05, 0) is 30.5 Å². The Morgan fingerprint density at radius 1 is 1.35 bits per heavy atom. The molecule has 1 aliphatic carbocycles. The molecule has 1 saturated carbocycles. The number of hydrogen-bond acceptors (Lipinski definition) is 4. The van der Waals surface area contributed by atoms with Crippen LogP contribution in [0.25, 0.3) is 0 Å². The minimum atomic E-state index is 0.115. The molecular formula is C14H17ClN2O3. The quantitative estimate of drug-likeness (QED) is 0.786. The van der Waals surface area contributed by atoms with Crippen LogP contribution in [0, 0.1) is 0 Å². The van der Waals surface area contributed by atoms with E-state index in [9.17, 15) is 4.79 Å². The van der Waals surface area contributed by atoms with Gasteiger partial charge in [-0.25, -0.2) is 0 Å². The molecular weight excluding hydrogens is 280 g/mol. The Hall–Kier alpha value is -1.46. The Morgan fingerprint density at radius 2 is 2.20 bits per heavy atom. The average Bonchev–Trinajstić information content (AvgIpc) is 3.09. The molecule has 20 heavy (non-hydrogen) atoms. The largest absolute Gasteiger partial charge is 0.454 e. The summed E-state index contributed by atoms with van der Waals surface area (Å²) in [4.78, 5) is 11.5. The highest BCUT2D eigenvalue weighted by molar-refractivity contribution is 6.32. The van der Waals surface area contributed by atoms with E-state index in [0.717, 1.165) is 18.4 Å². The normalized spacial score (nSPS) is 16.2. The highest BCUT2D eigenvalue weighted by atomic mass is 35.5. The minimum Gasteiger partial charge on any atom is -0.454 e. The van der Waals surface area contributed by atoms with Crippen molar-refractivity contribution in [3.63, 3.8) is 0 Å². The summed E-state index contributed by atoms with van der Waals surface area (Å²) in [5.41, 5.74) is 1.02. The maximum absolute atomic E-state index is 11.5. The van der Waals surface area contributed by atoms with Crippen molar-refractivity contribution in [2.75, 3.05) is 13.3 Å². The number of amides is 1. The second-order valence-electron chi connectivity index (χ2n) is 5.08. The number of rotatable bonds is 6. The Bertz CT molecular complexity index is 517. The van der Waals surface area contributed by atoms with E-state index in [2.05, 4.69) is 10.6 Å². The average molecular weight is 297 g/mol. The molecule has 2 N–H and O–H groups in total. The molecule has 1 amide bonds. The molecule has 1 aliphatic heterocycles. The van der Waals surface area contributed by atoms with E-state index in [1.54, 1.807) is 0 Å². The van der Waals surface area contributed by atoms with Crippen molar-refractivity contribution in [3.05, 3.63) is 22.7 Å². The maximum Gasteiger partial charge on any atom is 0.231 e. The highest BCUT2D eigenvalue weighted by Crippen LogP contribution is 2.39. The van der Waals surface area contributed by atoms with Gasteiger partial charge < -0.3 is 20.1 Å². The van der Waals surface area contributed by atoms with E-state index in [0.29, 0.717) is 42.1 Å². The number of carbonyl (C=O) groups excluding carboxylic acids is 1. The third kappa shape index (κ3) is 3.35. The molecule has 5 nitrogen and oxygen atoms in total. The summed E-state index contributed by atoms with van der Waals surface area (Å²) >= 11 is 6.11. The summed E-state index contributed by atoms with van der Waals surface area (Å²) in [6.45, 7) is 1.50. The van der Waals surface area contributed by atoms with Gasteiger partial charge in [0.25, 0.3) is 0 Å². The van der Waals surface area contributed by atoms with Gasteiger partial charge in [-0.15, -0.1) is 0 Å². The topological polar surface area (TPSA) is 59.6 Å². The predicted octanol–water partition coefficient (Wildman–Crippen LogP) is 1.83. The molecule has 108 valence electrons. The lowest BCUT2D eigenvalue weighted by Crippen LogP contribution is -2.28. The number of hydrogen-bond donors (Lipinski definition) is 2. The first-order valence-corrected chi connectivity index (χ1v) is 7.18. The van der Waals surface area contributed by atoms with Gasteiger partial charge in [-0.2, -0.15) is 0 Å². The first-order valence-electron chi connectivity index (χ1n) is 6.80. The van der Waals surface area contributed by atoms with E-state index in [-0.39, 0.29) is 12.7 Å². The Kier molecular flexibility index (Phi) is 3.98. The maximum atomic E-state index is 11.5. The molecule has 3 rings (SSSR count). The zero-order chi connectivity index (χ0) is 13.9. The number of benzene rings is 1. The van der Waals surface area contributed by atoms with E-state index >= 15 is 0 Å². The molecule has 1 aromatic carbocycles. The lowest BCUT2D eigenvalue weighted by Gasteiger charge is -2.07. The molecule has 6 heteroatoms. The standard InChI is InChI=1S/C14H17ClN2O3/c15-11-5-9(6-12-14(11)20-8-19-12)7-16-4-3-13(18)17-10-1-2-10/h5-6,10,16H,1-4,7-8H2,(H,17,18). The summed E-state index contributed by atoms with van der Waals surface area (Å²) in [5.74, 6) is 1.41. The van der Waals surface area contributed by atoms with Crippen LogP contribution in [0.1, 0.15) is 24.8 Å². The highest BCUT2D eigenvalue weighted by Gasteiger charge is 2.22. The van der Waals surface area contributed by atoms with Gasteiger partial charge >= 0.3 is 0 Å². The Labute approximate surface area is 122 Å². The molecule has 1 aromatic rings. The SMILES string of the molecule is O=C(CCNCc1cc(Cl)c2c(c1)OCO2)NC1CC1. The zero-order valence-corrected chi connectivity index (χ0v) is 11.8. The van der Waals surface area contributed by atoms with Crippen LogP contribution in [0.5, 0.6) is 11.5 Å². The van der Waals surface area contributed by atoms with Crippen LogP contribution in [-0.4, -0.2) is 25.3 Å². The lowest BCUT2D eigenvalue weighted by atomic mass is 10.2. The fourth-order valence-electron chi connectivity index (χ4n) is 2.08. The molecule has 1 heterocycles. The molecule has 0 unspecified atom stereocenters. The number of halogens is 1. The third-order valence-electron chi connectivity index (χ3n) is 3.29. The molecule has 2 aliphatic rings. The molecule has 0 aromatic heterocycles. The van der Waals surface area contributed by atoms with E-state index in [4.69, 9.17) is 21.1 Å². The van der Waals surface area contributed by atoms with Crippen LogP contribution in [-0.2, 0) is 11.3 Å². The van der Waals surface area contributed by atoms with Gasteiger partial charge in [-0.3, -0.25) is 4.79 Å². The van der Waals surface area contributed by atoms with Crippen LogP contribution in [0.2, 0.25) is 5.02 Å². The smallest absolute Gasteiger partial charge is 0.231 e. The second-order valence-corrected chi connectivity index (χ2v) is 5.49. The van der Waals surface area contributed by atoms with Crippen molar-refractivity contribution in [2.24, 2.45) is 0 Å². The van der Waals surface area contributed by atoms with Gasteiger partial charge in [0, 0.05) is 25.6 Å². The van der Waals surface area contributed by atoms with Gasteiger partial charge in [0.15, 0.2) is 11.5 Å². The summed E-state index contributed by atoms with van der Waals surface area (Å²) < 4.78 is 10.6. The van der Waals surface area contributed by atoms with Crippen LogP contribution >= 0.6 is 11.6 Å². The second kappa shape index (κ2) is 5.89. The van der Waals surface area contributed by atoms with Crippen LogP contribution < -0.4 is 20.1 Å². The van der Waals surface area contributed by atoms with E-state index in [1.165, 1.54) is 0 Å². The van der Waals surface area contributed by atoms with Crippen molar-refractivity contribution < 1.29 is 14.3 Å². The Balaban J connectivity index is 1.44. The molecule has 0 radical (unpaired) electrons. The lowest BCUT2D eigenvalue weighted by molar-refractivity contribution is -0.121. The number of fused-ring (bicyclic) bond motifs is 1. The number of carbonyl (C=O) groups is 1. The van der Waals surface area contributed by atoms with Crippen molar-refractivity contribution >= 4 is 17.5 Å². The summed E-state index contributed by atoms with van der Waals surface area (Å²) in [7, 11) is 0. The van der Waals surface area contributed by atoms with E-state index in [1.807, 2.05) is 12.1 Å². The van der Waals surface area contributed by atoms with Gasteiger partial charge in [0.1, 0.15) is 0 Å². The number of nitrogens with one attached hydrogen (secondary N) is 2. The first-order chi connectivity index (χ1) is 9.72. The summed E-state index contributed by atoms with van der Waals surface area (Å²) in [6, 6.07) is 4.19. The van der Waals surface area contributed by atoms with Crippen molar-refractivity contribution in [2.45, 2.75) is 31.8 Å². The van der Waals surface area contributed by atoms with Gasteiger partial charge in [-0.1, -0.05) is 11.6 Å².